The number of halogens is 1. The third-order valence-electron chi connectivity index (χ3n) is 5.12. The highest BCUT2D eigenvalue weighted by Crippen LogP contribution is 2.32. The van der Waals surface area contributed by atoms with E-state index >= 15 is 0 Å². The Morgan fingerprint density at radius 1 is 1.13 bits per heavy atom. The van der Waals surface area contributed by atoms with Crippen LogP contribution in [0.25, 0.3) is 6.08 Å². The van der Waals surface area contributed by atoms with Gasteiger partial charge in [0.15, 0.2) is 0 Å². The van der Waals surface area contributed by atoms with Crippen LogP contribution >= 0.6 is 11.6 Å². The van der Waals surface area contributed by atoms with E-state index < -0.39 is 17.8 Å². The van der Waals surface area contributed by atoms with E-state index in [1.807, 2.05) is 32.9 Å². The van der Waals surface area contributed by atoms with Crippen LogP contribution in [0.3, 0.4) is 0 Å². The normalized spacial score (nSPS) is 15.8. The molecule has 1 fully saturated rings. The maximum Gasteiger partial charge on any atom is 0.335 e. The van der Waals surface area contributed by atoms with Gasteiger partial charge in [-0.2, -0.15) is 0 Å². The summed E-state index contributed by atoms with van der Waals surface area (Å²) in [6.07, 6.45) is 1.51. The highest BCUT2D eigenvalue weighted by Gasteiger charge is 2.37. The number of rotatable bonds is 4. The zero-order valence-electron chi connectivity index (χ0n) is 17.5. The quantitative estimate of drug-likeness (QED) is 0.565. The fourth-order valence-corrected chi connectivity index (χ4v) is 3.54. The summed E-state index contributed by atoms with van der Waals surface area (Å²) in [7, 11) is 1.60. The lowest BCUT2D eigenvalue weighted by molar-refractivity contribution is -0.122. The predicted octanol–water partition coefficient (Wildman–Crippen LogP) is 4.76. The van der Waals surface area contributed by atoms with Gasteiger partial charge >= 0.3 is 6.03 Å². The molecule has 1 aliphatic heterocycles. The number of ether oxygens (including phenoxy) is 1. The summed E-state index contributed by atoms with van der Waals surface area (Å²) in [5, 5.41) is 2.67. The number of urea groups is 1. The molecule has 0 radical (unpaired) electrons. The highest BCUT2D eigenvalue weighted by atomic mass is 35.5. The molecule has 6 nitrogen and oxygen atoms in total. The van der Waals surface area contributed by atoms with Gasteiger partial charge in [-0.25, -0.2) is 9.69 Å². The minimum Gasteiger partial charge on any atom is -0.496 e. The number of nitrogens with one attached hydrogen (secondary N) is 1. The maximum atomic E-state index is 13.2. The molecule has 0 atom stereocenters. The van der Waals surface area contributed by atoms with Gasteiger partial charge in [-0.3, -0.25) is 14.9 Å². The van der Waals surface area contributed by atoms with Gasteiger partial charge in [-0.05, 0) is 72.4 Å². The van der Waals surface area contributed by atoms with Crippen molar-refractivity contribution in [3.63, 3.8) is 0 Å². The molecular formula is C23H23ClN2O4. The molecule has 2 aromatic carbocycles. The van der Waals surface area contributed by atoms with Crippen molar-refractivity contribution in [1.82, 2.24) is 5.32 Å². The first-order valence-corrected chi connectivity index (χ1v) is 9.88. The molecule has 0 saturated carbocycles. The van der Waals surface area contributed by atoms with E-state index in [-0.39, 0.29) is 11.5 Å². The number of nitrogens with zero attached hydrogens (tertiary/aromatic N) is 1. The Balaban J connectivity index is 2.12. The first-order chi connectivity index (χ1) is 14.1. The minimum absolute atomic E-state index is 0.128. The van der Waals surface area contributed by atoms with Crippen LogP contribution in [0.5, 0.6) is 5.75 Å². The SMILES string of the molecule is COc1cc(C)c(/C=C2\C(=O)NC(=O)N(c3cccc(Cl)c3C)C2=O)cc1C(C)C. The lowest BCUT2D eigenvalue weighted by Gasteiger charge is -2.28. The maximum absolute atomic E-state index is 13.2. The lowest BCUT2D eigenvalue weighted by Crippen LogP contribution is -2.54. The van der Waals surface area contributed by atoms with Crippen molar-refractivity contribution in [1.29, 1.82) is 0 Å². The average molecular weight is 427 g/mol. The molecule has 2 aromatic rings. The van der Waals surface area contributed by atoms with Gasteiger partial charge in [0.05, 0.1) is 12.8 Å². The van der Waals surface area contributed by atoms with E-state index in [1.54, 1.807) is 32.2 Å². The fourth-order valence-electron chi connectivity index (χ4n) is 3.37. The number of carbonyl (C=O) groups excluding carboxylic acids is 3. The standard InChI is InChI=1S/C23H23ClN2O4/c1-12(2)16-10-15(13(3)9-20(16)30-5)11-17-21(27)25-23(29)26(22(17)28)19-8-6-7-18(24)14(19)4/h6-12H,1-5H3,(H,25,27,29)/b17-11+. The molecule has 3 rings (SSSR count). The Labute approximate surface area is 180 Å². The van der Waals surface area contributed by atoms with Gasteiger partial charge in [0.1, 0.15) is 11.3 Å². The predicted molar refractivity (Wildman–Crippen MR) is 117 cm³/mol. The molecule has 1 aliphatic rings. The van der Waals surface area contributed by atoms with Crippen LogP contribution in [0.15, 0.2) is 35.9 Å². The summed E-state index contributed by atoms with van der Waals surface area (Å²) in [4.78, 5) is 39.1. The Morgan fingerprint density at radius 3 is 2.47 bits per heavy atom. The van der Waals surface area contributed by atoms with Crippen molar-refractivity contribution in [3.8, 4) is 5.75 Å². The number of anilines is 1. The first-order valence-electron chi connectivity index (χ1n) is 9.50. The molecule has 0 aromatic heterocycles. The second-order valence-corrected chi connectivity index (χ2v) is 7.85. The zero-order chi connectivity index (χ0) is 22.2. The van der Waals surface area contributed by atoms with E-state index in [2.05, 4.69) is 5.32 Å². The van der Waals surface area contributed by atoms with Crippen molar-refractivity contribution in [3.05, 3.63) is 63.2 Å². The molecule has 1 N–H and O–H groups in total. The van der Waals surface area contributed by atoms with Crippen LogP contribution in [0, 0.1) is 13.8 Å². The van der Waals surface area contributed by atoms with Crippen LogP contribution in [-0.4, -0.2) is 25.0 Å². The molecule has 30 heavy (non-hydrogen) atoms. The van der Waals surface area contributed by atoms with E-state index in [9.17, 15) is 14.4 Å². The first kappa shape index (κ1) is 21.6. The molecule has 156 valence electrons. The summed E-state index contributed by atoms with van der Waals surface area (Å²) in [5.74, 6) is -0.506. The lowest BCUT2D eigenvalue weighted by atomic mass is 9.95. The van der Waals surface area contributed by atoms with E-state index in [0.29, 0.717) is 21.8 Å². The molecule has 0 bridgehead atoms. The smallest absolute Gasteiger partial charge is 0.335 e. The second kappa shape index (κ2) is 8.32. The van der Waals surface area contributed by atoms with Gasteiger partial charge in [0, 0.05) is 5.02 Å². The Morgan fingerprint density at radius 2 is 1.83 bits per heavy atom. The van der Waals surface area contributed by atoms with Crippen LogP contribution in [0.4, 0.5) is 10.5 Å². The number of carbonyl (C=O) groups is 3. The number of imide groups is 2. The minimum atomic E-state index is -0.804. The van der Waals surface area contributed by atoms with Crippen LogP contribution in [-0.2, 0) is 9.59 Å². The summed E-state index contributed by atoms with van der Waals surface area (Å²) in [6.45, 7) is 7.64. The van der Waals surface area contributed by atoms with Crippen molar-refractivity contribution in [2.45, 2.75) is 33.6 Å². The summed E-state index contributed by atoms with van der Waals surface area (Å²) < 4.78 is 5.46. The zero-order valence-corrected chi connectivity index (χ0v) is 18.3. The van der Waals surface area contributed by atoms with Gasteiger partial charge < -0.3 is 4.74 Å². The molecule has 0 unspecified atom stereocenters. The Kier molecular flexibility index (Phi) is 5.99. The monoisotopic (exact) mass is 426 g/mol. The summed E-state index contributed by atoms with van der Waals surface area (Å²) in [5.41, 5.74) is 3.27. The number of hydrogen-bond donors (Lipinski definition) is 1. The third-order valence-corrected chi connectivity index (χ3v) is 5.53. The summed E-state index contributed by atoms with van der Waals surface area (Å²) in [6, 6.07) is 7.90. The molecule has 1 heterocycles. The average Bonchev–Trinajstić information content (AvgIpc) is 2.68. The van der Waals surface area contributed by atoms with E-state index in [0.717, 1.165) is 21.8 Å². The van der Waals surface area contributed by atoms with Crippen molar-refractivity contribution in [2.24, 2.45) is 0 Å². The van der Waals surface area contributed by atoms with Gasteiger partial charge in [-0.15, -0.1) is 0 Å². The van der Waals surface area contributed by atoms with Crippen molar-refractivity contribution >= 4 is 41.2 Å². The fraction of sp³-hybridized carbons (Fsp3) is 0.261. The number of benzene rings is 2. The van der Waals surface area contributed by atoms with Gasteiger partial charge in [0.25, 0.3) is 11.8 Å². The summed E-state index contributed by atoms with van der Waals surface area (Å²) >= 11 is 6.16. The number of barbiturate groups is 1. The van der Waals surface area contributed by atoms with Crippen LogP contribution in [0.1, 0.15) is 42.0 Å². The molecular weight excluding hydrogens is 404 g/mol. The largest absolute Gasteiger partial charge is 0.496 e. The molecule has 0 aliphatic carbocycles. The van der Waals surface area contributed by atoms with Crippen molar-refractivity contribution < 1.29 is 19.1 Å². The molecule has 0 spiro atoms. The Hall–Kier alpha value is -3.12. The second-order valence-electron chi connectivity index (χ2n) is 7.45. The van der Waals surface area contributed by atoms with E-state index in [4.69, 9.17) is 16.3 Å². The van der Waals surface area contributed by atoms with Crippen LogP contribution < -0.4 is 15.0 Å². The highest BCUT2D eigenvalue weighted by molar-refractivity contribution is 6.40. The van der Waals surface area contributed by atoms with E-state index in [1.165, 1.54) is 6.08 Å². The molecule has 4 amide bonds. The molecule has 1 saturated heterocycles. The number of amides is 4. The Bertz CT molecular complexity index is 1090. The van der Waals surface area contributed by atoms with Gasteiger partial charge in [-0.1, -0.05) is 31.5 Å². The number of aryl methyl sites for hydroxylation is 1. The van der Waals surface area contributed by atoms with Crippen LogP contribution in [0.2, 0.25) is 5.02 Å². The third kappa shape index (κ3) is 3.83. The van der Waals surface area contributed by atoms with Gasteiger partial charge in [0.2, 0.25) is 0 Å². The number of hydrogen-bond acceptors (Lipinski definition) is 4. The topological polar surface area (TPSA) is 75.7 Å². The molecule has 7 heteroatoms. The van der Waals surface area contributed by atoms with Crippen molar-refractivity contribution in [2.75, 3.05) is 12.0 Å². The number of methoxy groups -OCH3 is 1.